The zero-order chi connectivity index (χ0) is 14.5. The van der Waals surface area contributed by atoms with Crippen molar-refractivity contribution in [3.8, 4) is 0 Å². The Hall–Kier alpha value is -1.58. The molecule has 3 nitrogen and oxygen atoms in total. The maximum absolute atomic E-state index is 12.0. The summed E-state index contributed by atoms with van der Waals surface area (Å²) in [5.41, 5.74) is 1.77. The van der Waals surface area contributed by atoms with Crippen molar-refractivity contribution < 1.29 is 4.79 Å². The Balaban J connectivity index is 1.99. The Morgan fingerprint density at radius 2 is 1.95 bits per heavy atom. The highest BCUT2D eigenvalue weighted by molar-refractivity contribution is 6.35. The Morgan fingerprint density at radius 3 is 2.60 bits per heavy atom. The SMILES string of the molecule is C[C@H](NC(=O)Cc1ccc(Cl)cc1Cl)c1ccncc1. The first-order valence-electron chi connectivity index (χ1n) is 6.19. The first-order chi connectivity index (χ1) is 9.56. The molecule has 20 heavy (non-hydrogen) atoms. The van der Waals surface area contributed by atoms with Crippen molar-refractivity contribution in [2.24, 2.45) is 0 Å². The Bertz CT molecular complexity index is 602. The molecule has 0 bridgehead atoms. The summed E-state index contributed by atoms with van der Waals surface area (Å²) in [4.78, 5) is 16.0. The van der Waals surface area contributed by atoms with Crippen molar-refractivity contribution in [1.29, 1.82) is 0 Å². The smallest absolute Gasteiger partial charge is 0.224 e. The van der Waals surface area contributed by atoms with E-state index in [0.717, 1.165) is 11.1 Å². The summed E-state index contributed by atoms with van der Waals surface area (Å²) in [6, 6.07) is 8.80. The van der Waals surface area contributed by atoms with E-state index in [1.54, 1.807) is 30.6 Å². The van der Waals surface area contributed by atoms with E-state index in [2.05, 4.69) is 10.3 Å². The molecule has 1 N–H and O–H groups in total. The third-order valence-electron chi connectivity index (χ3n) is 2.95. The molecule has 1 heterocycles. The summed E-state index contributed by atoms with van der Waals surface area (Å²) in [5.74, 6) is -0.0847. The molecule has 1 atom stereocenters. The highest BCUT2D eigenvalue weighted by Gasteiger charge is 2.11. The van der Waals surface area contributed by atoms with Gasteiger partial charge in [0, 0.05) is 22.4 Å². The number of amides is 1. The van der Waals surface area contributed by atoms with Gasteiger partial charge in [0.25, 0.3) is 0 Å². The third kappa shape index (κ3) is 3.95. The van der Waals surface area contributed by atoms with Crippen LogP contribution >= 0.6 is 23.2 Å². The van der Waals surface area contributed by atoms with Gasteiger partial charge in [-0.1, -0.05) is 29.3 Å². The summed E-state index contributed by atoms with van der Waals surface area (Å²) >= 11 is 11.9. The van der Waals surface area contributed by atoms with Crippen LogP contribution in [0.3, 0.4) is 0 Å². The Labute approximate surface area is 127 Å². The fourth-order valence-electron chi connectivity index (χ4n) is 1.87. The van der Waals surface area contributed by atoms with Crippen LogP contribution in [0.4, 0.5) is 0 Å². The van der Waals surface area contributed by atoms with E-state index in [1.807, 2.05) is 19.1 Å². The van der Waals surface area contributed by atoms with Crippen molar-refractivity contribution in [2.45, 2.75) is 19.4 Å². The van der Waals surface area contributed by atoms with E-state index < -0.39 is 0 Å². The lowest BCUT2D eigenvalue weighted by Gasteiger charge is -2.14. The van der Waals surface area contributed by atoms with Crippen molar-refractivity contribution in [3.63, 3.8) is 0 Å². The largest absolute Gasteiger partial charge is 0.349 e. The number of nitrogens with one attached hydrogen (secondary N) is 1. The molecule has 2 aromatic rings. The maximum atomic E-state index is 12.0. The van der Waals surface area contributed by atoms with Crippen LogP contribution < -0.4 is 5.32 Å². The van der Waals surface area contributed by atoms with Crippen LogP contribution in [0.15, 0.2) is 42.7 Å². The van der Waals surface area contributed by atoms with Gasteiger partial charge in [0.2, 0.25) is 5.91 Å². The van der Waals surface area contributed by atoms with Gasteiger partial charge in [-0.15, -0.1) is 0 Å². The Morgan fingerprint density at radius 1 is 1.25 bits per heavy atom. The molecule has 1 aromatic heterocycles. The maximum Gasteiger partial charge on any atom is 0.224 e. The standard InChI is InChI=1S/C15H14Cl2N2O/c1-10(11-4-6-18-7-5-11)19-15(20)8-12-2-3-13(16)9-14(12)17/h2-7,9-10H,8H2,1H3,(H,19,20)/t10-/m0/s1. The second kappa shape index (κ2) is 6.73. The molecule has 0 aliphatic heterocycles. The van der Waals surface area contributed by atoms with Gasteiger partial charge >= 0.3 is 0 Å². The molecular formula is C15H14Cl2N2O. The molecule has 0 aliphatic carbocycles. The fourth-order valence-corrected chi connectivity index (χ4v) is 2.34. The minimum atomic E-state index is -0.0847. The molecule has 1 amide bonds. The average molecular weight is 309 g/mol. The highest BCUT2D eigenvalue weighted by atomic mass is 35.5. The minimum Gasteiger partial charge on any atom is -0.349 e. The molecule has 5 heteroatoms. The number of carbonyl (C=O) groups is 1. The molecule has 0 saturated heterocycles. The summed E-state index contributed by atoms with van der Waals surface area (Å²) < 4.78 is 0. The first kappa shape index (κ1) is 14.8. The fraction of sp³-hybridized carbons (Fsp3) is 0.200. The van der Waals surface area contributed by atoms with E-state index in [1.165, 1.54) is 0 Å². The lowest BCUT2D eigenvalue weighted by Crippen LogP contribution is -2.28. The summed E-state index contributed by atoms with van der Waals surface area (Å²) in [5, 5.41) is 3.99. The second-order valence-corrected chi connectivity index (χ2v) is 5.33. The number of rotatable bonds is 4. The highest BCUT2D eigenvalue weighted by Crippen LogP contribution is 2.21. The van der Waals surface area contributed by atoms with Crippen molar-refractivity contribution in [2.75, 3.05) is 0 Å². The van der Waals surface area contributed by atoms with Crippen LogP contribution in [0.1, 0.15) is 24.1 Å². The molecule has 1 aromatic carbocycles. The second-order valence-electron chi connectivity index (χ2n) is 4.48. The van der Waals surface area contributed by atoms with Gasteiger partial charge in [0.1, 0.15) is 0 Å². The van der Waals surface area contributed by atoms with Gasteiger partial charge in [0.05, 0.1) is 12.5 Å². The first-order valence-corrected chi connectivity index (χ1v) is 6.95. The van der Waals surface area contributed by atoms with Gasteiger partial charge in [-0.25, -0.2) is 0 Å². The van der Waals surface area contributed by atoms with Crippen LogP contribution in [0.25, 0.3) is 0 Å². The third-order valence-corrected chi connectivity index (χ3v) is 3.54. The lowest BCUT2D eigenvalue weighted by atomic mass is 10.1. The number of pyridine rings is 1. The molecule has 104 valence electrons. The number of halogens is 2. The molecule has 0 radical (unpaired) electrons. The number of carbonyl (C=O) groups excluding carboxylic acids is 1. The summed E-state index contributed by atoms with van der Waals surface area (Å²) in [6.45, 7) is 1.93. The van der Waals surface area contributed by atoms with Crippen molar-refractivity contribution in [3.05, 3.63) is 63.9 Å². The van der Waals surface area contributed by atoms with Gasteiger partial charge < -0.3 is 5.32 Å². The van der Waals surface area contributed by atoms with Crippen LogP contribution in [-0.4, -0.2) is 10.9 Å². The molecule has 2 rings (SSSR count). The number of hydrogen-bond acceptors (Lipinski definition) is 2. The average Bonchev–Trinajstić information content (AvgIpc) is 2.43. The predicted octanol–water partition coefficient (Wildman–Crippen LogP) is 3.81. The Kier molecular flexibility index (Phi) is 4.99. The van der Waals surface area contributed by atoms with E-state index in [-0.39, 0.29) is 18.4 Å². The summed E-state index contributed by atoms with van der Waals surface area (Å²) in [6.07, 6.45) is 3.63. The van der Waals surface area contributed by atoms with Crippen LogP contribution in [0, 0.1) is 0 Å². The number of hydrogen-bond donors (Lipinski definition) is 1. The van der Waals surface area contributed by atoms with Crippen molar-refractivity contribution >= 4 is 29.1 Å². The van der Waals surface area contributed by atoms with E-state index >= 15 is 0 Å². The van der Waals surface area contributed by atoms with E-state index in [4.69, 9.17) is 23.2 Å². The van der Waals surface area contributed by atoms with Gasteiger partial charge in [0.15, 0.2) is 0 Å². The zero-order valence-corrected chi connectivity index (χ0v) is 12.4. The van der Waals surface area contributed by atoms with Crippen LogP contribution in [-0.2, 0) is 11.2 Å². The molecule has 0 saturated carbocycles. The van der Waals surface area contributed by atoms with Crippen LogP contribution in [0.2, 0.25) is 10.0 Å². The van der Waals surface area contributed by atoms with E-state index in [9.17, 15) is 4.79 Å². The van der Waals surface area contributed by atoms with Crippen molar-refractivity contribution in [1.82, 2.24) is 10.3 Å². The monoisotopic (exact) mass is 308 g/mol. The number of benzene rings is 1. The van der Waals surface area contributed by atoms with Gasteiger partial charge in [-0.3, -0.25) is 9.78 Å². The lowest BCUT2D eigenvalue weighted by molar-refractivity contribution is -0.121. The number of nitrogens with zero attached hydrogens (tertiary/aromatic N) is 1. The molecule has 0 aliphatic rings. The normalized spacial score (nSPS) is 11.9. The van der Waals surface area contributed by atoms with Gasteiger partial charge in [-0.2, -0.15) is 0 Å². The molecule has 0 unspecified atom stereocenters. The molecule has 0 spiro atoms. The molecular weight excluding hydrogens is 295 g/mol. The minimum absolute atomic E-state index is 0.0726. The summed E-state index contributed by atoms with van der Waals surface area (Å²) in [7, 11) is 0. The van der Waals surface area contributed by atoms with E-state index in [0.29, 0.717) is 10.0 Å². The molecule has 0 fully saturated rings. The van der Waals surface area contributed by atoms with Gasteiger partial charge in [-0.05, 0) is 42.3 Å². The zero-order valence-electron chi connectivity index (χ0n) is 10.9. The topological polar surface area (TPSA) is 42.0 Å². The quantitative estimate of drug-likeness (QED) is 0.933. The number of aromatic nitrogens is 1. The van der Waals surface area contributed by atoms with Crippen LogP contribution in [0.5, 0.6) is 0 Å². The predicted molar refractivity (Wildman–Crippen MR) is 81.0 cm³/mol.